The Morgan fingerprint density at radius 2 is 1.20 bits per heavy atom. The number of unbranched alkanes of at least 4 members (excludes halogenated alkanes) is 13. The summed E-state index contributed by atoms with van der Waals surface area (Å²) >= 11 is 0. The molecule has 5 heteroatoms. The lowest BCUT2D eigenvalue weighted by molar-refractivity contribution is 0.0721. The lowest BCUT2D eigenvalue weighted by Crippen LogP contribution is -2.12. The molecule has 0 fully saturated rings. The maximum Gasteiger partial charge on any atom is 0.364 e. The molecule has 0 aliphatic heterocycles. The van der Waals surface area contributed by atoms with E-state index in [1.165, 1.54) is 107 Å². The van der Waals surface area contributed by atoms with Crippen LogP contribution in [-0.4, -0.2) is 15.9 Å². The second-order valence-corrected chi connectivity index (χ2v) is 11.2. The van der Waals surface area contributed by atoms with Crippen LogP contribution in [0.15, 0.2) is 54.9 Å². The third kappa shape index (κ3) is 12.1. The first-order chi connectivity index (χ1) is 20.1. The SMILES string of the molecule is CCCCCCCCCCc1ccc(OC(=O)c2cnc(-c3ccc(CCCCCCCCC)cc3)cn2)c(F)c1. The topological polar surface area (TPSA) is 52.1 Å². The van der Waals surface area contributed by atoms with E-state index in [2.05, 4.69) is 35.9 Å². The Balaban J connectivity index is 1.41. The van der Waals surface area contributed by atoms with Gasteiger partial charge in [-0.3, -0.25) is 4.98 Å². The fraction of sp³-hybridized carbons (Fsp3) is 0.528. The van der Waals surface area contributed by atoms with E-state index in [-0.39, 0.29) is 11.4 Å². The highest BCUT2D eigenvalue weighted by Gasteiger charge is 2.15. The largest absolute Gasteiger partial charge is 0.419 e. The Kier molecular flexibility index (Phi) is 15.1. The van der Waals surface area contributed by atoms with Crippen molar-refractivity contribution < 1.29 is 13.9 Å². The number of esters is 1. The number of rotatable bonds is 20. The molecule has 4 nitrogen and oxygen atoms in total. The third-order valence-electron chi connectivity index (χ3n) is 7.70. The predicted octanol–water partition coefficient (Wildman–Crippen LogP) is 10.5. The Hall–Kier alpha value is -3.08. The molecule has 0 unspecified atom stereocenters. The highest BCUT2D eigenvalue weighted by Crippen LogP contribution is 2.22. The quantitative estimate of drug-likeness (QED) is 0.0783. The first-order valence-electron chi connectivity index (χ1n) is 16.0. The summed E-state index contributed by atoms with van der Waals surface area (Å²) in [5.41, 5.74) is 3.92. The second kappa shape index (κ2) is 19.1. The van der Waals surface area contributed by atoms with Gasteiger partial charge in [0, 0.05) is 5.56 Å². The molecule has 0 saturated heterocycles. The van der Waals surface area contributed by atoms with Gasteiger partial charge >= 0.3 is 5.97 Å². The van der Waals surface area contributed by atoms with Crippen molar-refractivity contribution in [1.29, 1.82) is 0 Å². The minimum Gasteiger partial charge on any atom is -0.419 e. The molecular weight excluding hydrogens is 511 g/mol. The number of aryl methyl sites for hydroxylation is 2. The van der Waals surface area contributed by atoms with Crippen LogP contribution >= 0.6 is 0 Å². The van der Waals surface area contributed by atoms with Crippen molar-refractivity contribution in [3.63, 3.8) is 0 Å². The fourth-order valence-electron chi connectivity index (χ4n) is 5.11. The second-order valence-electron chi connectivity index (χ2n) is 11.2. The van der Waals surface area contributed by atoms with Crippen molar-refractivity contribution in [3.05, 3.63) is 77.5 Å². The highest BCUT2D eigenvalue weighted by molar-refractivity contribution is 5.88. The third-order valence-corrected chi connectivity index (χ3v) is 7.70. The number of halogens is 1. The Bertz CT molecular complexity index is 1150. The van der Waals surface area contributed by atoms with Crippen LogP contribution in [0.1, 0.15) is 132 Å². The van der Waals surface area contributed by atoms with Crippen LogP contribution in [0.5, 0.6) is 5.75 Å². The summed E-state index contributed by atoms with van der Waals surface area (Å²) in [6, 6.07) is 13.2. The summed E-state index contributed by atoms with van der Waals surface area (Å²) in [7, 11) is 0. The minimum atomic E-state index is -0.719. The van der Waals surface area contributed by atoms with Crippen LogP contribution < -0.4 is 4.74 Å². The molecule has 0 aliphatic carbocycles. The highest BCUT2D eigenvalue weighted by atomic mass is 19.1. The summed E-state index contributed by atoms with van der Waals surface area (Å²) in [6.07, 6.45) is 23.9. The molecule has 0 saturated carbocycles. The zero-order valence-electron chi connectivity index (χ0n) is 25.3. The standard InChI is InChI=1S/C36H49FN2O2/c1-3-5-7-9-11-13-15-17-19-30-22-25-35(32(37)26-30)41-36(40)34-28-38-33(27-39-34)31-23-20-29(21-24-31)18-16-14-12-10-8-6-4-2/h20-28H,3-19H2,1-2H3. The van der Waals surface area contributed by atoms with E-state index in [1.54, 1.807) is 6.20 Å². The molecule has 222 valence electrons. The van der Waals surface area contributed by atoms with E-state index in [1.807, 2.05) is 18.2 Å². The first kappa shape index (κ1) is 32.4. The van der Waals surface area contributed by atoms with E-state index in [4.69, 9.17) is 4.74 Å². The van der Waals surface area contributed by atoms with Crippen LogP contribution in [-0.2, 0) is 12.8 Å². The molecule has 0 aliphatic rings. The zero-order valence-corrected chi connectivity index (χ0v) is 25.3. The summed E-state index contributed by atoms with van der Waals surface area (Å²) < 4.78 is 19.9. The van der Waals surface area contributed by atoms with E-state index >= 15 is 0 Å². The van der Waals surface area contributed by atoms with Crippen molar-refractivity contribution in [3.8, 4) is 17.0 Å². The van der Waals surface area contributed by atoms with Crippen LogP contribution in [0, 0.1) is 5.82 Å². The molecule has 2 aromatic carbocycles. The van der Waals surface area contributed by atoms with Gasteiger partial charge in [-0.25, -0.2) is 14.2 Å². The molecule has 3 aromatic rings. The van der Waals surface area contributed by atoms with Gasteiger partial charge in [-0.1, -0.05) is 128 Å². The van der Waals surface area contributed by atoms with E-state index in [0.717, 1.165) is 36.8 Å². The normalized spacial score (nSPS) is 11.1. The first-order valence-corrected chi connectivity index (χ1v) is 16.0. The molecule has 0 N–H and O–H groups in total. The Morgan fingerprint density at radius 3 is 1.73 bits per heavy atom. The number of hydrogen-bond acceptors (Lipinski definition) is 4. The number of nitrogens with zero attached hydrogens (tertiary/aromatic N) is 2. The molecule has 0 bridgehead atoms. The van der Waals surface area contributed by atoms with Gasteiger partial charge in [0.25, 0.3) is 0 Å². The number of hydrogen-bond donors (Lipinski definition) is 0. The number of aromatic nitrogens is 2. The molecule has 0 atom stereocenters. The molecule has 3 rings (SSSR count). The lowest BCUT2D eigenvalue weighted by atomic mass is 10.0. The average Bonchev–Trinajstić information content (AvgIpc) is 2.99. The summed E-state index contributed by atoms with van der Waals surface area (Å²) in [5, 5.41) is 0. The Morgan fingerprint density at radius 1 is 0.659 bits per heavy atom. The maximum absolute atomic E-state index is 14.6. The van der Waals surface area contributed by atoms with Gasteiger partial charge in [0.05, 0.1) is 18.1 Å². The van der Waals surface area contributed by atoms with Gasteiger partial charge in [-0.2, -0.15) is 0 Å². The monoisotopic (exact) mass is 560 g/mol. The van der Waals surface area contributed by atoms with Crippen molar-refractivity contribution in [1.82, 2.24) is 9.97 Å². The molecular formula is C36H49FN2O2. The van der Waals surface area contributed by atoms with Crippen LogP contribution in [0.2, 0.25) is 0 Å². The van der Waals surface area contributed by atoms with Gasteiger partial charge in [0.15, 0.2) is 17.3 Å². The zero-order chi connectivity index (χ0) is 29.1. The number of carbonyl (C=O) groups is 1. The van der Waals surface area contributed by atoms with Gasteiger partial charge < -0.3 is 4.74 Å². The van der Waals surface area contributed by atoms with Gasteiger partial charge in [-0.15, -0.1) is 0 Å². The van der Waals surface area contributed by atoms with Crippen LogP contribution in [0.3, 0.4) is 0 Å². The minimum absolute atomic E-state index is 0.0479. The summed E-state index contributed by atoms with van der Waals surface area (Å²) in [5.74, 6) is -1.34. The average molecular weight is 561 g/mol. The molecule has 1 aromatic heterocycles. The lowest BCUT2D eigenvalue weighted by Gasteiger charge is -2.08. The summed E-state index contributed by atoms with van der Waals surface area (Å²) in [4.78, 5) is 21.2. The molecule has 0 amide bonds. The van der Waals surface area contributed by atoms with Crippen LogP contribution in [0.25, 0.3) is 11.3 Å². The fourth-order valence-corrected chi connectivity index (χ4v) is 5.11. The molecule has 41 heavy (non-hydrogen) atoms. The number of ether oxygens (including phenoxy) is 1. The molecule has 1 heterocycles. The smallest absolute Gasteiger partial charge is 0.364 e. The van der Waals surface area contributed by atoms with Gasteiger partial charge in [0.1, 0.15) is 0 Å². The maximum atomic E-state index is 14.6. The van der Waals surface area contributed by atoms with Crippen molar-refractivity contribution >= 4 is 5.97 Å². The predicted molar refractivity (Wildman–Crippen MR) is 167 cm³/mol. The summed E-state index contributed by atoms with van der Waals surface area (Å²) in [6.45, 7) is 4.48. The Labute approximate surface area is 247 Å². The van der Waals surface area contributed by atoms with Crippen molar-refractivity contribution in [2.24, 2.45) is 0 Å². The van der Waals surface area contributed by atoms with E-state index < -0.39 is 11.8 Å². The molecule has 0 spiro atoms. The van der Waals surface area contributed by atoms with Crippen LogP contribution in [0.4, 0.5) is 4.39 Å². The van der Waals surface area contributed by atoms with Crippen molar-refractivity contribution in [2.45, 2.75) is 123 Å². The van der Waals surface area contributed by atoms with E-state index in [0.29, 0.717) is 5.69 Å². The van der Waals surface area contributed by atoms with Crippen molar-refractivity contribution in [2.75, 3.05) is 0 Å². The van der Waals surface area contributed by atoms with Gasteiger partial charge in [0.2, 0.25) is 0 Å². The van der Waals surface area contributed by atoms with Gasteiger partial charge in [-0.05, 0) is 48.9 Å². The number of carbonyl (C=O) groups excluding carboxylic acids is 1. The number of benzene rings is 2. The molecule has 0 radical (unpaired) electrons. The van der Waals surface area contributed by atoms with E-state index in [9.17, 15) is 9.18 Å².